The third-order valence-corrected chi connectivity index (χ3v) is 7.71. The summed E-state index contributed by atoms with van der Waals surface area (Å²) in [5, 5.41) is 0. The summed E-state index contributed by atoms with van der Waals surface area (Å²) in [7, 11) is 1.68. The molecule has 2 saturated heterocycles. The second-order valence-electron chi connectivity index (χ2n) is 10.2. The van der Waals surface area contributed by atoms with Gasteiger partial charge in [0.15, 0.2) is 0 Å². The van der Waals surface area contributed by atoms with Crippen molar-refractivity contribution in [2.24, 2.45) is 0 Å². The average Bonchev–Trinajstić information content (AvgIpc) is 2.97. The van der Waals surface area contributed by atoms with Gasteiger partial charge in [-0.3, -0.25) is 14.6 Å². The molecule has 3 heterocycles. The van der Waals surface area contributed by atoms with E-state index < -0.39 is 0 Å². The van der Waals surface area contributed by atoms with Gasteiger partial charge in [0, 0.05) is 62.6 Å². The number of hydrogen-bond acceptors (Lipinski definition) is 5. The zero-order valence-corrected chi connectivity index (χ0v) is 22.3. The summed E-state index contributed by atoms with van der Waals surface area (Å²) in [6.07, 6.45) is 2.07. The highest BCUT2D eigenvalue weighted by molar-refractivity contribution is 5.95. The number of benzene rings is 2. The molecule has 2 amide bonds. The summed E-state index contributed by atoms with van der Waals surface area (Å²) >= 11 is 0. The van der Waals surface area contributed by atoms with Crippen molar-refractivity contribution in [3.05, 3.63) is 89.2 Å². The highest BCUT2D eigenvalue weighted by Gasteiger charge is 2.30. The van der Waals surface area contributed by atoms with Crippen molar-refractivity contribution in [2.45, 2.75) is 32.1 Å². The predicted octanol–water partition coefficient (Wildman–Crippen LogP) is 4.31. The molecule has 38 heavy (non-hydrogen) atoms. The van der Waals surface area contributed by atoms with Gasteiger partial charge in [-0.15, -0.1) is 0 Å². The van der Waals surface area contributed by atoms with Crippen LogP contribution < -0.4 is 9.64 Å². The first kappa shape index (κ1) is 25.8. The normalized spacial score (nSPS) is 16.4. The van der Waals surface area contributed by atoms with Gasteiger partial charge in [0.2, 0.25) is 5.91 Å². The standard InChI is InChI=1S/C31H36N4O3/c1-23-11-12-28(31(37)35-19-17-33(18-20-35)26-9-6-10-27(22-26)38-2)30(32-23)25-13-15-34(16-14-25)29(36)21-24-7-4-3-5-8-24/h3-12,22,25H,13-21H2,1-2H3. The van der Waals surface area contributed by atoms with Gasteiger partial charge < -0.3 is 19.4 Å². The van der Waals surface area contributed by atoms with Crippen molar-refractivity contribution < 1.29 is 14.3 Å². The molecule has 198 valence electrons. The lowest BCUT2D eigenvalue weighted by molar-refractivity contribution is -0.131. The maximum absolute atomic E-state index is 13.7. The van der Waals surface area contributed by atoms with Crippen LogP contribution in [0.3, 0.4) is 0 Å². The Morgan fingerprint density at radius 1 is 0.868 bits per heavy atom. The number of rotatable bonds is 6. The van der Waals surface area contributed by atoms with E-state index in [4.69, 9.17) is 9.72 Å². The average molecular weight is 513 g/mol. The molecule has 0 spiro atoms. The molecule has 0 atom stereocenters. The summed E-state index contributed by atoms with van der Waals surface area (Å²) in [5.74, 6) is 1.23. The molecule has 5 rings (SSSR count). The monoisotopic (exact) mass is 512 g/mol. The first-order valence-corrected chi connectivity index (χ1v) is 13.5. The van der Waals surface area contributed by atoms with Gasteiger partial charge >= 0.3 is 0 Å². The highest BCUT2D eigenvalue weighted by Crippen LogP contribution is 2.31. The van der Waals surface area contributed by atoms with Crippen LogP contribution in [0, 0.1) is 6.92 Å². The van der Waals surface area contributed by atoms with Gasteiger partial charge in [-0.2, -0.15) is 0 Å². The summed E-state index contributed by atoms with van der Waals surface area (Å²) in [5.41, 5.74) is 4.67. The Labute approximate surface area is 225 Å². The van der Waals surface area contributed by atoms with E-state index in [1.54, 1.807) is 7.11 Å². The van der Waals surface area contributed by atoms with E-state index in [0.717, 1.165) is 54.3 Å². The third-order valence-electron chi connectivity index (χ3n) is 7.71. The number of anilines is 1. The number of hydrogen-bond donors (Lipinski definition) is 0. The molecule has 2 aromatic carbocycles. The maximum atomic E-state index is 13.7. The van der Waals surface area contributed by atoms with Crippen LogP contribution >= 0.6 is 0 Å². The molecule has 0 N–H and O–H groups in total. The minimum absolute atomic E-state index is 0.0559. The number of piperazine rings is 1. The van der Waals surface area contributed by atoms with E-state index in [1.807, 2.05) is 77.4 Å². The fraction of sp³-hybridized carbons (Fsp3) is 0.387. The van der Waals surface area contributed by atoms with Crippen LogP contribution in [0.4, 0.5) is 5.69 Å². The molecule has 2 aliphatic rings. The summed E-state index contributed by atoms with van der Waals surface area (Å²) < 4.78 is 5.37. The molecular formula is C31H36N4O3. The van der Waals surface area contributed by atoms with Gasteiger partial charge in [0.25, 0.3) is 5.91 Å². The Morgan fingerprint density at radius 3 is 2.32 bits per heavy atom. The van der Waals surface area contributed by atoms with E-state index >= 15 is 0 Å². The fourth-order valence-corrected chi connectivity index (χ4v) is 5.50. The number of ether oxygens (including phenoxy) is 1. The topological polar surface area (TPSA) is 66.0 Å². The molecule has 1 aromatic heterocycles. The zero-order chi connectivity index (χ0) is 26.5. The number of carbonyl (C=O) groups is 2. The van der Waals surface area contributed by atoms with E-state index in [2.05, 4.69) is 11.0 Å². The Morgan fingerprint density at radius 2 is 1.61 bits per heavy atom. The van der Waals surface area contributed by atoms with Crippen molar-refractivity contribution >= 4 is 17.5 Å². The van der Waals surface area contributed by atoms with Crippen molar-refractivity contribution in [3.8, 4) is 5.75 Å². The molecule has 0 unspecified atom stereocenters. The molecule has 7 heteroatoms. The SMILES string of the molecule is COc1cccc(N2CCN(C(=O)c3ccc(C)nc3C3CCN(C(=O)Cc4ccccc4)CC3)CC2)c1. The number of aryl methyl sites for hydroxylation is 1. The summed E-state index contributed by atoms with van der Waals surface area (Å²) in [4.78, 5) is 37.6. The van der Waals surface area contributed by atoms with E-state index in [0.29, 0.717) is 38.2 Å². The quantitative estimate of drug-likeness (QED) is 0.493. The highest BCUT2D eigenvalue weighted by atomic mass is 16.5. The molecule has 0 aliphatic carbocycles. The number of nitrogens with zero attached hydrogens (tertiary/aromatic N) is 4. The van der Waals surface area contributed by atoms with Gasteiger partial charge in [0.05, 0.1) is 24.8 Å². The van der Waals surface area contributed by atoms with Gasteiger partial charge in [-0.05, 0) is 49.6 Å². The van der Waals surface area contributed by atoms with Crippen LogP contribution in [0.5, 0.6) is 5.75 Å². The summed E-state index contributed by atoms with van der Waals surface area (Å²) in [6.45, 7) is 6.23. The van der Waals surface area contributed by atoms with Gasteiger partial charge in [0.1, 0.15) is 5.75 Å². The molecular weight excluding hydrogens is 476 g/mol. The van der Waals surface area contributed by atoms with Crippen molar-refractivity contribution in [2.75, 3.05) is 51.3 Å². The Hall–Kier alpha value is -3.87. The van der Waals surface area contributed by atoms with Crippen LogP contribution in [0.15, 0.2) is 66.7 Å². The lowest BCUT2D eigenvalue weighted by Gasteiger charge is -2.37. The maximum Gasteiger partial charge on any atom is 0.255 e. The Kier molecular flexibility index (Phi) is 7.91. The van der Waals surface area contributed by atoms with Gasteiger partial charge in [-0.1, -0.05) is 36.4 Å². The first-order chi connectivity index (χ1) is 18.5. The zero-order valence-electron chi connectivity index (χ0n) is 22.3. The lowest BCUT2D eigenvalue weighted by atomic mass is 9.89. The van der Waals surface area contributed by atoms with E-state index in [-0.39, 0.29) is 17.7 Å². The molecule has 0 saturated carbocycles. The lowest BCUT2D eigenvalue weighted by Crippen LogP contribution is -2.49. The van der Waals surface area contributed by atoms with Crippen LogP contribution in [-0.4, -0.2) is 73.0 Å². The molecule has 7 nitrogen and oxygen atoms in total. The minimum Gasteiger partial charge on any atom is -0.497 e. The number of piperidine rings is 1. The fourth-order valence-electron chi connectivity index (χ4n) is 5.50. The number of pyridine rings is 1. The largest absolute Gasteiger partial charge is 0.497 e. The van der Waals surface area contributed by atoms with Crippen LogP contribution in [0.2, 0.25) is 0 Å². The Bertz CT molecular complexity index is 1260. The second kappa shape index (κ2) is 11.7. The number of carbonyl (C=O) groups excluding carboxylic acids is 2. The molecule has 0 bridgehead atoms. The third kappa shape index (κ3) is 5.82. The van der Waals surface area contributed by atoms with Crippen molar-refractivity contribution in [1.29, 1.82) is 0 Å². The summed E-state index contributed by atoms with van der Waals surface area (Å²) in [6, 6.07) is 21.8. The minimum atomic E-state index is 0.0559. The van der Waals surface area contributed by atoms with E-state index in [9.17, 15) is 9.59 Å². The number of amides is 2. The number of methoxy groups -OCH3 is 1. The number of likely N-dealkylation sites (tertiary alicyclic amines) is 1. The Balaban J connectivity index is 1.22. The van der Waals surface area contributed by atoms with Crippen LogP contribution in [0.25, 0.3) is 0 Å². The first-order valence-electron chi connectivity index (χ1n) is 13.5. The smallest absolute Gasteiger partial charge is 0.255 e. The molecule has 0 radical (unpaired) electrons. The molecule has 2 aliphatic heterocycles. The second-order valence-corrected chi connectivity index (χ2v) is 10.2. The van der Waals surface area contributed by atoms with E-state index in [1.165, 1.54) is 0 Å². The molecule has 2 fully saturated rings. The van der Waals surface area contributed by atoms with Crippen molar-refractivity contribution in [3.63, 3.8) is 0 Å². The number of aromatic nitrogens is 1. The predicted molar refractivity (Wildman–Crippen MR) is 149 cm³/mol. The van der Waals surface area contributed by atoms with Crippen LogP contribution in [-0.2, 0) is 11.2 Å². The van der Waals surface area contributed by atoms with Crippen molar-refractivity contribution in [1.82, 2.24) is 14.8 Å². The van der Waals surface area contributed by atoms with Crippen LogP contribution in [0.1, 0.15) is 46.1 Å². The molecule has 3 aromatic rings. The van der Waals surface area contributed by atoms with Gasteiger partial charge in [-0.25, -0.2) is 0 Å².